The van der Waals surface area contributed by atoms with Crippen molar-refractivity contribution in [1.82, 2.24) is 0 Å². The van der Waals surface area contributed by atoms with Crippen LogP contribution in [0.5, 0.6) is 0 Å². The van der Waals surface area contributed by atoms with E-state index in [4.69, 9.17) is 11.6 Å². The zero-order valence-corrected chi connectivity index (χ0v) is 11.2. The summed E-state index contributed by atoms with van der Waals surface area (Å²) in [6, 6.07) is 4.57. The molecule has 0 amide bonds. The van der Waals surface area contributed by atoms with Crippen molar-refractivity contribution in [1.29, 1.82) is 0 Å². The third kappa shape index (κ3) is 2.68. The fourth-order valence-corrected chi connectivity index (χ4v) is 1.72. The van der Waals surface area contributed by atoms with E-state index in [1.807, 2.05) is 0 Å². The number of ketones is 1. The van der Waals surface area contributed by atoms with Crippen LogP contribution in [0.1, 0.15) is 17.3 Å². The quantitative estimate of drug-likeness (QED) is 0.365. The predicted molar refractivity (Wildman–Crippen MR) is 66.5 cm³/mol. The van der Waals surface area contributed by atoms with E-state index in [9.17, 15) is 23.3 Å². The number of sulfone groups is 1. The van der Waals surface area contributed by atoms with Crippen molar-refractivity contribution in [2.24, 2.45) is 0 Å². The van der Waals surface area contributed by atoms with Gasteiger partial charge in [0.05, 0.1) is 4.92 Å². The summed E-state index contributed by atoms with van der Waals surface area (Å²) in [5.74, 6) is -0.818. The van der Waals surface area contributed by atoms with Crippen LogP contribution >= 0.6 is 11.6 Å². The monoisotopic (exact) mass is 291 g/mol. The molecule has 0 fully saturated rings. The van der Waals surface area contributed by atoms with Crippen LogP contribution in [0, 0.1) is 10.1 Å². The Morgan fingerprint density at radius 2 is 1.78 bits per heavy atom. The van der Waals surface area contributed by atoms with Gasteiger partial charge < -0.3 is 0 Å². The lowest BCUT2D eigenvalue weighted by atomic mass is 10.1. The van der Waals surface area contributed by atoms with Crippen molar-refractivity contribution in [3.63, 3.8) is 0 Å². The SMILES string of the molecule is C[C@](Cl)(C(=O)c1ccc([N+](=O)[O-])cc1)S(C)(=O)=O. The average Bonchev–Trinajstić information content (AvgIpc) is 2.26. The molecular formula is C10H10ClNO5S. The minimum atomic E-state index is -3.79. The Balaban J connectivity index is 3.17. The Hall–Kier alpha value is -1.47. The van der Waals surface area contributed by atoms with Crippen LogP contribution in [0.3, 0.4) is 0 Å². The first-order valence-corrected chi connectivity index (χ1v) is 7.02. The van der Waals surface area contributed by atoms with Gasteiger partial charge in [0.25, 0.3) is 5.69 Å². The molecule has 0 unspecified atom stereocenters. The van der Waals surface area contributed by atoms with E-state index >= 15 is 0 Å². The Morgan fingerprint density at radius 3 is 2.11 bits per heavy atom. The first kappa shape index (κ1) is 14.6. The third-order valence-corrected chi connectivity index (χ3v) is 5.03. The smallest absolute Gasteiger partial charge is 0.269 e. The molecule has 8 heteroatoms. The molecule has 0 aliphatic rings. The number of benzene rings is 1. The largest absolute Gasteiger partial charge is 0.291 e. The van der Waals surface area contributed by atoms with Crippen LogP contribution in [-0.4, -0.2) is 29.6 Å². The minimum absolute atomic E-state index is 0.00326. The Labute approximate surface area is 109 Å². The lowest BCUT2D eigenvalue weighted by Crippen LogP contribution is -2.37. The standard InChI is InChI=1S/C10H10ClNO5S/c1-10(11,18(2,16)17)9(13)7-3-5-8(6-4-7)12(14)15/h3-6H,1-2H3/t10-/m1/s1. The highest BCUT2D eigenvalue weighted by atomic mass is 35.5. The molecule has 98 valence electrons. The van der Waals surface area contributed by atoms with E-state index in [1.54, 1.807) is 0 Å². The lowest BCUT2D eigenvalue weighted by Gasteiger charge is -2.18. The summed E-state index contributed by atoms with van der Waals surface area (Å²) in [5, 5.41) is 10.4. The third-order valence-electron chi connectivity index (χ3n) is 2.44. The fraction of sp³-hybridized carbons (Fsp3) is 0.300. The molecule has 0 bridgehead atoms. The number of halogens is 1. The van der Waals surface area contributed by atoms with Gasteiger partial charge in [-0.15, -0.1) is 0 Å². The molecule has 0 saturated heterocycles. The molecule has 0 aliphatic heterocycles. The molecule has 0 saturated carbocycles. The maximum absolute atomic E-state index is 11.9. The highest BCUT2D eigenvalue weighted by molar-refractivity contribution is 7.94. The molecule has 1 rings (SSSR count). The summed E-state index contributed by atoms with van der Waals surface area (Å²) in [5.41, 5.74) is -0.189. The number of nitro benzene ring substituents is 1. The number of rotatable bonds is 4. The lowest BCUT2D eigenvalue weighted by molar-refractivity contribution is -0.384. The average molecular weight is 292 g/mol. The van der Waals surface area contributed by atoms with Gasteiger partial charge in [-0.2, -0.15) is 0 Å². The van der Waals surface area contributed by atoms with Crippen molar-refractivity contribution in [2.45, 2.75) is 11.1 Å². The Kier molecular flexibility index (Phi) is 3.78. The summed E-state index contributed by atoms with van der Waals surface area (Å²) in [4.78, 5) is 21.7. The number of hydrogen-bond acceptors (Lipinski definition) is 5. The predicted octanol–water partition coefficient (Wildman–Crippen LogP) is 1.78. The summed E-state index contributed by atoms with van der Waals surface area (Å²) in [6.07, 6.45) is 0.850. The van der Waals surface area contributed by atoms with Crippen molar-refractivity contribution in [3.05, 3.63) is 39.9 Å². The second-order valence-electron chi connectivity index (χ2n) is 3.82. The molecule has 0 aromatic heterocycles. The highest BCUT2D eigenvalue weighted by Gasteiger charge is 2.41. The zero-order valence-electron chi connectivity index (χ0n) is 9.58. The maximum Gasteiger partial charge on any atom is 0.269 e. The number of nitrogens with zero attached hydrogens (tertiary/aromatic N) is 1. The summed E-state index contributed by atoms with van der Waals surface area (Å²) >= 11 is 5.73. The minimum Gasteiger partial charge on any atom is -0.291 e. The molecule has 0 heterocycles. The van der Waals surface area contributed by atoms with E-state index in [-0.39, 0.29) is 11.3 Å². The van der Waals surface area contributed by atoms with Gasteiger partial charge in [0.2, 0.25) is 4.21 Å². The van der Waals surface area contributed by atoms with Gasteiger partial charge in [-0.1, -0.05) is 11.6 Å². The van der Waals surface area contributed by atoms with E-state index < -0.39 is 24.8 Å². The number of carbonyl (C=O) groups excluding carboxylic acids is 1. The zero-order chi connectivity index (χ0) is 14.1. The van der Waals surface area contributed by atoms with Crippen molar-refractivity contribution >= 4 is 32.9 Å². The van der Waals surface area contributed by atoms with Crippen LogP contribution in [0.4, 0.5) is 5.69 Å². The van der Waals surface area contributed by atoms with Crippen molar-refractivity contribution in [3.8, 4) is 0 Å². The number of Topliss-reactive ketones (excluding diaryl/α,β-unsaturated/α-hetero) is 1. The second kappa shape index (κ2) is 4.66. The molecule has 1 aromatic rings. The summed E-state index contributed by atoms with van der Waals surface area (Å²) < 4.78 is 20.7. The summed E-state index contributed by atoms with van der Waals surface area (Å²) in [7, 11) is -3.79. The first-order valence-electron chi connectivity index (χ1n) is 4.75. The molecule has 18 heavy (non-hydrogen) atoms. The van der Waals surface area contributed by atoms with Gasteiger partial charge in [0.1, 0.15) is 0 Å². The van der Waals surface area contributed by atoms with Crippen molar-refractivity contribution < 1.29 is 18.1 Å². The second-order valence-corrected chi connectivity index (χ2v) is 7.16. The van der Waals surface area contributed by atoms with E-state index in [1.165, 1.54) is 12.1 Å². The molecule has 0 N–H and O–H groups in total. The van der Waals surface area contributed by atoms with E-state index in [0.29, 0.717) is 0 Å². The maximum atomic E-state index is 11.9. The number of alkyl halides is 1. The Bertz CT molecular complexity index is 591. The Morgan fingerprint density at radius 1 is 1.33 bits per heavy atom. The number of carbonyl (C=O) groups is 1. The van der Waals surface area contributed by atoms with Crippen molar-refractivity contribution in [2.75, 3.05) is 6.26 Å². The van der Waals surface area contributed by atoms with Crippen LogP contribution in [0.15, 0.2) is 24.3 Å². The number of non-ortho nitro benzene ring substituents is 1. The molecule has 1 atom stereocenters. The molecule has 0 spiro atoms. The van der Waals surface area contributed by atoms with Gasteiger partial charge in [-0.25, -0.2) is 8.42 Å². The van der Waals surface area contributed by atoms with Crippen LogP contribution in [0.2, 0.25) is 0 Å². The van der Waals surface area contributed by atoms with Gasteiger partial charge >= 0.3 is 0 Å². The normalized spacial score (nSPS) is 14.8. The van der Waals surface area contributed by atoms with Gasteiger partial charge in [-0.05, 0) is 19.1 Å². The topological polar surface area (TPSA) is 94.3 Å². The molecule has 0 radical (unpaired) electrons. The molecular weight excluding hydrogens is 282 g/mol. The van der Waals surface area contributed by atoms with Gasteiger partial charge in [0.15, 0.2) is 15.6 Å². The molecule has 6 nitrogen and oxygen atoms in total. The van der Waals surface area contributed by atoms with Crippen LogP contribution < -0.4 is 0 Å². The first-order chi connectivity index (χ1) is 8.07. The number of hydrogen-bond donors (Lipinski definition) is 0. The highest BCUT2D eigenvalue weighted by Crippen LogP contribution is 2.27. The molecule has 1 aromatic carbocycles. The van der Waals surface area contributed by atoms with E-state index in [0.717, 1.165) is 25.3 Å². The molecule has 0 aliphatic carbocycles. The van der Waals surface area contributed by atoms with E-state index in [2.05, 4.69) is 0 Å². The van der Waals surface area contributed by atoms with Crippen LogP contribution in [0.25, 0.3) is 0 Å². The van der Waals surface area contributed by atoms with Gasteiger partial charge in [0, 0.05) is 24.0 Å². The fourth-order valence-electron chi connectivity index (χ4n) is 1.16. The van der Waals surface area contributed by atoms with Gasteiger partial charge in [-0.3, -0.25) is 14.9 Å². The number of nitro groups is 1. The summed E-state index contributed by atoms with van der Waals surface area (Å²) in [6.45, 7) is 1.08. The van der Waals surface area contributed by atoms with Crippen LogP contribution in [-0.2, 0) is 9.84 Å².